The van der Waals surface area contributed by atoms with Crippen LogP contribution in [0.4, 0.5) is 13.6 Å². The van der Waals surface area contributed by atoms with Crippen LogP contribution >= 0.6 is 0 Å². The van der Waals surface area contributed by atoms with Crippen LogP contribution in [0, 0.1) is 0 Å². The molecule has 0 saturated carbocycles. The van der Waals surface area contributed by atoms with Crippen LogP contribution in [0.5, 0.6) is 5.75 Å². The van der Waals surface area contributed by atoms with Crippen molar-refractivity contribution in [2.45, 2.75) is 38.3 Å². The van der Waals surface area contributed by atoms with Crippen LogP contribution in [0.3, 0.4) is 0 Å². The van der Waals surface area contributed by atoms with E-state index in [1.165, 1.54) is 12.4 Å². The highest BCUT2D eigenvalue weighted by Gasteiger charge is 2.24. The third kappa shape index (κ3) is 4.44. The number of hydrogen-bond donors (Lipinski definition) is 2. The number of nitrogens with one attached hydrogen (secondary N) is 2. The van der Waals surface area contributed by atoms with Crippen LogP contribution in [-0.4, -0.2) is 45.1 Å². The van der Waals surface area contributed by atoms with E-state index >= 15 is 0 Å². The number of carbonyl (C=O) groups is 1. The maximum absolute atomic E-state index is 12.3. The molecule has 1 aliphatic carbocycles. The Kier molecular flexibility index (Phi) is 5.59. The Bertz CT molecular complexity index is 767. The van der Waals surface area contributed by atoms with E-state index in [2.05, 4.69) is 25.9 Å². The molecule has 1 aliphatic rings. The highest BCUT2D eigenvalue weighted by molar-refractivity contribution is 5.74. The zero-order valence-corrected chi connectivity index (χ0v) is 14.3. The molecule has 1 unspecified atom stereocenters. The Balaban J connectivity index is 1.50. The number of aromatic nitrogens is 4. The van der Waals surface area contributed by atoms with Gasteiger partial charge in [-0.2, -0.15) is 0 Å². The average Bonchev–Trinajstić information content (AvgIpc) is 2.99. The topological polar surface area (TPSA) is 94.0 Å². The van der Waals surface area contributed by atoms with E-state index in [1.54, 1.807) is 10.7 Å². The smallest absolute Gasteiger partial charge is 0.315 e. The SMILES string of the molecule is Cn1nnc2c1CCC(NC(=O)NCc1ccncc1OCC(F)F)C2. The van der Waals surface area contributed by atoms with Crippen molar-refractivity contribution in [1.82, 2.24) is 30.6 Å². The molecule has 0 radical (unpaired) electrons. The summed E-state index contributed by atoms with van der Waals surface area (Å²) < 4.78 is 31.4. The van der Waals surface area contributed by atoms with Crippen molar-refractivity contribution in [2.24, 2.45) is 7.05 Å². The fourth-order valence-electron chi connectivity index (χ4n) is 2.90. The van der Waals surface area contributed by atoms with Crippen molar-refractivity contribution in [2.75, 3.05) is 6.61 Å². The van der Waals surface area contributed by atoms with Gasteiger partial charge in [0.15, 0.2) is 0 Å². The van der Waals surface area contributed by atoms with E-state index in [9.17, 15) is 13.6 Å². The molecule has 26 heavy (non-hydrogen) atoms. The first-order chi connectivity index (χ1) is 12.5. The predicted molar refractivity (Wildman–Crippen MR) is 87.9 cm³/mol. The minimum absolute atomic E-state index is 0.0220. The molecule has 0 spiro atoms. The van der Waals surface area contributed by atoms with Crippen LogP contribution in [0.1, 0.15) is 23.4 Å². The summed E-state index contributed by atoms with van der Waals surface area (Å²) >= 11 is 0. The van der Waals surface area contributed by atoms with Crippen LogP contribution in [0.25, 0.3) is 0 Å². The van der Waals surface area contributed by atoms with Gasteiger partial charge in [0.1, 0.15) is 12.4 Å². The summed E-state index contributed by atoms with van der Waals surface area (Å²) in [5, 5.41) is 13.7. The number of nitrogens with zero attached hydrogens (tertiary/aromatic N) is 4. The van der Waals surface area contributed by atoms with Gasteiger partial charge in [-0.25, -0.2) is 13.6 Å². The highest BCUT2D eigenvalue weighted by atomic mass is 19.3. The Labute approximate surface area is 148 Å². The van der Waals surface area contributed by atoms with Crippen LogP contribution in [-0.2, 0) is 26.4 Å². The molecular weight excluding hydrogens is 346 g/mol. The lowest BCUT2D eigenvalue weighted by atomic mass is 9.96. The molecule has 2 amide bonds. The minimum atomic E-state index is -2.57. The first-order valence-corrected chi connectivity index (χ1v) is 8.28. The lowest BCUT2D eigenvalue weighted by Gasteiger charge is -2.22. The van der Waals surface area contributed by atoms with E-state index in [0.29, 0.717) is 12.0 Å². The van der Waals surface area contributed by atoms with Crippen molar-refractivity contribution in [3.63, 3.8) is 0 Å². The summed E-state index contributed by atoms with van der Waals surface area (Å²) in [6.07, 6.45) is 2.54. The minimum Gasteiger partial charge on any atom is -0.486 e. The van der Waals surface area contributed by atoms with Gasteiger partial charge < -0.3 is 15.4 Å². The standard InChI is InChI=1S/C16H20F2N6O2/c1-24-13-3-2-11(6-12(13)22-23-24)21-16(25)20-7-10-4-5-19-8-14(10)26-9-15(17)18/h4-5,8,11,15H,2-3,6-7,9H2,1H3,(H2,20,21,25). The molecule has 3 rings (SSSR count). The quantitative estimate of drug-likeness (QED) is 0.802. The molecule has 0 saturated heterocycles. The van der Waals surface area contributed by atoms with Crippen molar-refractivity contribution in [3.05, 3.63) is 35.4 Å². The first kappa shape index (κ1) is 18.0. The number of ether oxygens (including phenoxy) is 1. The Hall–Kier alpha value is -2.78. The molecule has 0 aliphatic heterocycles. The number of halogens is 2. The van der Waals surface area contributed by atoms with Gasteiger partial charge >= 0.3 is 6.03 Å². The summed E-state index contributed by atoms with van der Waals surface area (Å²) in [7, 11) is 1.86. The van der Waals surface area contributed by atoms with Gasteiger partial charge in [-0.05, 0) is 18.9 Å². The number of alkyl halides is 2. The summed E-state index contributed by atoms with van der Waals surface area (Å²) in [6.45, 7) is -0.566. The second-order valence-electron chi connectivity index (χ2n) is 6.06. The highest BCUT2D eigenvalue weighted by Crippen LogP contribution is 2.19. The van der Waals surface area contributed by atoms with Gasteiger partial charge in [0.25, 0.3) is 6.43 Å². The third-order valence-electron chi connectivity index (χ3n) is 4.20. The molecule has 2 aromatic rings. The number of carbonyl (C=O) groups excluding carboxylic acids is 1. The number of pyridine rings is 1. The Morgan fingerprint density at radius 2 is 2.35 bits per heavy atom. The number of fused-ring (bicyclic) bond motifs is 1. The van der Waals surface area contributed by atoms with Gasteiger partial charge in [-0.15, -0.1) is 5.10 Å². The fraction of sp³-hybridized carbons (Fsp3) is 0.500. The van der Waals surface area contributed by atoms with Gasteiger partial charge in [0, 0.05) is 37.8 Å². The molecule has 10 heteroatoms. The van der Waals surface area contributed by atoms with Crippen molar-refractivity contribution in [1.29, 1.82) is 0 Å². The van der Waals surface area contributed by atoms with E-state index in [4.69, 9.17) is 4.74 Å². The number of aryl methyl sites for hydroxylation is 1. The normalized spacial score (nSPS) is 16.2. The second kappa shape index (κ2) is 8.07. The maximum Gasteiger partial charge on any atom is 0.315 e. The summed E-state index contributed by atoms with van der Waals surface area (Å²) in [5.74, 6) is 0.231. The van der Waals surface area contributed by atoms with Crippen LogP contribution in [0.15, 0.2) is 18.5 Å². The van der Waals surface area contributed by atoms with E-state index in [1.807, 2.05) is 7.05 Å². The molecule has 2 aromatic heterocycles. The molecule has 0 fully saturated rings. The molecule has 2 heterocycles. The molecule has 0 aromatic carbocycles. The lowest BCUT2D eigenvalue weighted by Crippen LogP contribution is -2.44. The van der Waals surface area contributed by atoms with E-state index < -0.39 is 13.0 Å². The van der Waals surface area contributed by atoms with Crippen LogP contribution < -0.4 is 15.4 Å². The summed E-state index contributed by atoms with van der Waals surface area (Å²) in [4.78, 5) is 16.0. The fourth-order valence-corrected chi connectivity index (χ4v) is 2.90. The monoisotopic (exact) mass is 366 g/mol. The number of rotatable bonds is 6. The van der Waals surface area contributed by atoms with Gasteiger partial charge in [0.05, 0.1) is 17.6 Å². The van der Waals surface area contributed by atoms with Crippen molar-refractivity contribution in [3.8, 4) is 5.75 Å². The third-order valence-corrected chi connectivity index (χ3v) is 4.20. The summed E-state index contributed by atoms with van der Waals surface area (Å²) in [6, 6.07) is 1.26. The van der Waals surface area contributed by atoms with Gasteiger partial charge in [-0.3, -0.25) is 9.67 Å². The largest absolute Gasteiger partial charge is 0.486 e. The molecule has 2 N–H and O–H groups in total. The number of hydrogen-bond acceptors (Lipinski definition) is 5. The maximum atomic E-state index is 12.3. The second-order valence-corrected chi connectivity index (χ2v) is 6.06. The Morgan fingerprint density at radius 3 is 3.15 bits per heavy atom. The molecule has 8 nitrogen and oxygen atoms in total. The summed E-state index contributed by atoms with van der Waals surface area (Å²) in [5.41, 5.74) is 2.58. The molecular formula is C16H20F2N6O2. The van der Waals surface area contributed by atoms with Crippen LogP contribution in [0.2, 0.25) is 0 Å². The number of urea groups is 1. The zero-order chi connectivity index (χ0) is 18.5. The first-order valence-electron chi connectivity index (χ1n) is 8.28. The van der Waals surface area contributed by atoms with Crippen molar-refractivity contribution < 1.29 is 18.3 Å². The molecule has 0 bridgehead atoms. The van der Waals surface area contributed by atoms with Gasteiger partial charge in [-0.1, -0.05) is 5.21 Å². The predicted octanol–water partition coefficient (Wildman–Crippen LogP) is 1.21. The lowest BCUT2D eigenvalue weighted by molar-refractivity contribution is 0.0812. The van der Waals surface area contributed by atoms with E-state index in [0.717, 1.165) is 24.2 Å². The zero-order valence-electron chi connectivity index (χ0n) is 14.3. The van der Waals surface area contributed by atoms with Gasteiger partial charge in [0.2, 0.25) is 0 Å². The molecule has 1 atom stereocenters. The average molecular weight is 366 g/mol. The molecule has 140 valence electrons. The number of amides is 2. The van der Waals surface area contributed by atoms with Crippen molar-refractivity contribution >= 4 is 6.03 Å². The van der Waals surface area contributed by atoms with E-state index in [-0.39, 0.29) is 24.4 Å². The Morgan fingerprint density at radius 1 is 1.50 bits per heavy atom.